The second-order valence-corrected chi connectivity index (χ2v) is 5.49. The molecule has 0 bridgehead atoms. The van der Waals surface area contributed by atoms with E-state index in [0.717, 1.165) is 5.56 Å². The van der Waals surface area contributed by atoms with Crippen molar-refractivity contribution in [1.29, 1.82) is 0 Å². The van der Waals surface area contributed by atoms with Gasteiger partial charge in [-0.15, -0.1) is 0 Å². The summed E-state index contributed by atoms with van der Waals surface area (Å²) in [4.78, 5) is 23.9. The number of carboxylic acids is 1. The molecule has 0 saturated carbocycles. The van der Waals surface area contributed by atoms with Gasteiger partial charge in [0.1, 0.15) is 5.54 Å². The highest BCUT2D eigenvalue weighted by atomic mass is 16.4. The van der Waals surface area contributed by atoms with Gasteiger partial charge in [-0.25, -0.2) is 4.79 Å². The molecule has 3 N–H and O–H groups in total. The van der Waals surface area contributed by atoms with Crippen LogP contribution >= 0.6 is 0 Å². The Kier molecular flexibility index (Phi) is 4.63. The van der Waals surface area contributed by atoms with Crippen LogP contribution in [0.1, 0.15) is 37.8 Å². The molecule has 1 atom stereocenters. The number of carbonyl (C=O) groups is 2. The van der Waals surface area contributed by atoms with Crippen molar-refractivity contribution in [2.24, 2.45) is 0 Å². The second-order valence-electron chi connectivity index (χ2n) is 5.49. The molecule has 0 fully saturated rings. The van der Waals surface area contributed by atoms with E-state index in [1.807, 2.05) is 24.3 Å². The fraction of sp³-hybridized carbons (Fsp3) is 0.500. The number of benzene rings is 1. The van der Waals surface area contributed by atoms with Gasteiger partial charge in [0.2, 0.25) is 5.91 Å². The molecule has 1 aromatic rings. The van der Waals surface area contributed by atoms with Crippen LogP contribution in [-0.2, 0) is 22.6 Å². The fourth-order valence-electron chi connectivity index (χ4n) is 2.75. The third-order valence-electron chi connectivity index (χ3n) is 4.38. The molecule has 0 unspecified atom stereocenters. The molecule has 21 heavy (non-hydrogen) atoms. The molecule has 0 aliphatic carbocycles. The summed E-state index contributed by atoms with van der Waals surface area (Å²) < 4.78 is 0. The summed E-state index contributed by atoms with van der Waals surface area (Å²) in [7, 11) is 0. The van der Waals surface area contributed by atoms with Gasteiger partial charge in [-0.05, 0) is 30.4 Å². The van der Waals surface area contributed by atoms with E-state index in [-0.39, 0.29) is 11.9 Å². The van der Waals surface area contributed by atoms with Crippen LogP contribution in [0.2, 0.25) is 0 Å². The zero-order valence-electron chi connectivity index (χ0n) is 12.5. The molecule has 1 amide bonds. The van der Waals surface area contributed by atoms with Gasteiger partial charge in [0, 0.05) is 6.54 Å². The van der Waals surface area contributed by atoms with Gasteiger partial charge in [-0.2, -0.15) is 0 Å². The molecular weight excluding hydrogens is 268 g/mol. The monoisotopic (exact) mass is 290 g/mol. The largest absolute Gasteiger partial charge is 0.480 e. The summed E-state index contributed by atoms with van der Waals surface area (Å²) in [6, 6.07) is 7.61. The van der Waals surface area contributed by atoms with Gasteiger partial charge >= 0.3 is 5.97 Å². The molecule has 0 radical (unpaired) electrons. The lowest BCUT2D eigenvalue weighted by atomic mass is 9.90. The van der Waals surface area contributed by atoms with Crippen molar-refractivity contribution in [2.45, 2.75) is 51.2 Å². The first-order chi connectivity index (χ1) is 10.0. The van der Waals surface area contributed by atoms with E-state index in [1.54, 1.807) is 13.8 Å². The highest BCUT2D eigenvalue weighted by molar-refractivity contribution is 5.89. The van der Waals surface area contributed by atoms with E-state index < -0.39 is 11.5 Å². The third kappa shape index (κ3) is 3.08. The number of hydrogen-bond acceptors (Lipinski definition) is 3. The zero-order valence-corrected chi connectivity index (χ0v) is 12.5. The number of amides is 1. The van der Waals surface area contributed by atoms with Crippen LogP contribution in [0.5, 0.6) is 0 Å². The molecule has 0 spiro atoms. The van der Waals surface area contributed by atoms with E-state index in [4.69, 9.17) is 0 Å². The molecule has 0 saturated heterocycles. The van der Waals surface area contributed by atoms with Gasteiger partial charge in [0.25, 0.3) is 0 Å². The summed E-state index contributed by atoms with van der Waals surface area (Å²) in [5.74, 6) is -1.22. The number of carbonyl (C=O) groups excluding carboxylic acids is 1. The Hall–Kier alpha value is -1.88. The summed E-state index contributed by atoms with van der Waals surface area (Å²) in [5, 5.41) is 15.3. The van der Waals surface area contributed by atoms with Crippen molar-refractivity contribution in [3.63, 3.8) is 0 Å². The number of nitrogens with one attached hydrogen (secondary N) is 2. The average Bonchev–Trinajstić information content (AvgIpc) is 2.51. The van der Waals surface area contributed by atoms with Crippen LogP contribution in [0.25, 0.3) is 0 Å². The van der Waals surface area contributed by atoms with E-state index in [9.17, 15) is 14.7 Å². The SMILES string of the molecule is CCC(CC)(NC(=O)[C@H]1Cc2ccccc2CN1)C(=O)O. The van der Waals surface area contributed by atoms with Crippen LogP contribution in [0.15, 0.2) is 24.3 Å². The first-order valence-electron chi connectivity index (χ1n) is 7.38. The summed E-state index contributed by atoms with van der Waals surface area (Å²) in [5.41, 5.74) is 1.16. The second kappa shape index (κ2) is 6.26. The van der Waals surface area contributed by atoms with Crippen LogP contribution in [-0.4, -0.2) is 28.6 Å². The maximum absolute atomic E-state index is 12.4. The Morgan fingerprint density at radius 1 is 1.29 bits per heavy atom. The average molecular weight is 290 g/mol. The highest BCUT2D eigenvalue weighted by Gasteiger charge is 2.38. The Bertz CT molecular complexity index is 538. The maximum atomic E-state index is 12.4. The van der Waals surface area contributed by atoms with E-state index in [2.05, 4.69) is 10.6 Å². The predicted molar refractivity (Wildman–Crippen MR) is 79.9 cm³/mol. The van der Waals surface area contributed by atoms with Crippen molar-refractivity contribution in [2.75, 3.05) is 0 Å². The van der Waals surface area contributed by atoms with Crippen molar-refractivity contribution in [3.05, 3.63) is 35.4 Å². The number of hydrogen-bond donors (Lipinski definition) is 3. The molecule has 1 heterocycles. The minimum Gasteiger partial charge on any atom is -0.480 e. The fourth-order valence-corrected chi connectivity index (χ4v) is 2.75. The minimum atomic E-state index is -1.17. The molecule has 1 aliphatic rings. The zero-order chi connectivity index (χ0) is 15.5. The number of fused-ring (bicyclic) bond motifs is 1. The molecule has 114 valence electrons. The lowest BCUT2D eigenvalue weighted by molar-refractivity contribution is -0.148. The molecule has 5 heteroatoms. The number of carboxylic acid groups (broad SMARTS) is 1. The van der Waals surface area contributed by atoms with E-state index in [1.165, 1.54) is 5.56 Å². The smallest absolute Gasteiger partial charge is 0.329 e. The molecule has 2 rings (SSSR count). The normalized spacial score (nSPS) is 17.9. The summed E-state index contributed by atoms with van der Waals surface area (Å²) in [6.07, 6.45) is 1.33. The van der Waals surface area contributed by atoms with Gasteiger partial charge in [-0.3, -0.25) is 4.79 Å². The first-order valence-corrected chi connectivity index (χ1v) is 7.38. The standard InChI is InChI=1S/C16H22N2O3/c1-3-16(4-2,15(20)21)18-14(19)13-9-11-7-5-6-8-12(11)10-17-13/h5-8,13,17H,3-4,9-10H2,1-2H3,(H,18,19)(H,20,21)/t13-/m1/s1. The van der Waals surface area contributed by atoms with Gasteiger partial charge in [0.05, 0.1) is 6.04 Å². The van der Waals surface area contributed by atoms with Gasteiger partial charge < -0.3 is 15.7 Å². The lowest BCUT2D eigenvalue weighted by Gasteiger charge is -2.32. The Morgan fingerprint density at radius 3 is 2.48 bits per heavy atom. The molecule has 1 aromatic carbocycles. The van der Waals surface area contributed by atoms with Crippen LogP contribution < -0.4 is 10.6 Å². The third-order valence-corrected chi connectivity index (χ3v) is 4.38. The first kappa shape index (κ1) is 15.5. The quantitative estimate of drug-likeness (QED) is 0.767. The Labute approximate surface area is 124 Å². The van der Waals surface area contributed by atoms with Gasteiger partial charge in [0.15, 0.2) is 0 Å². The minimum absolute atomic E-state index is 0.240. The van der Waals surface area contributed by atoms with Crippen molar-refractivity contribution < 1.29 is 14.7 Å². The number of aliphatic carboxylic acids is 1. The molecular formula is C16H22N2O3. The van der Waals surface area contributed by atoms with Crippen molar-refractivity contribution in [3.8, 4) is 0 Å². The Balaban J connectivity index is 2.10. The lowest BCUT2D eigenvalue weighted by Crippen LogP contribution is -2.59. The van der Waals surface area contributed by atoms with Crippen LogP contribution in [0, 0.1) is 0 Å². The predicted octanol–water partition coefficient (Wildman–Crippen LogP) is 1.46. The highest BCUT2D eigenvalue weighted by Crippen LogP contribution is 2.19. The van der Waals surface area contributed by atoms with Crippen LogP contribution in [0.4, 0.5) is 0 Å². The Morgan fingerprint density at radius 2 is 1.90 bits per heavy atom. The van der Waals surface area contributed by atoms with Gasteiger partial charge in [-0.1, -0.05) is 38.1 Å². The summed E-state index contributed by atoms with van der Waals surface area (Å²) in [6.45, 7) is 4.19. The van der Waals surface area contributed by atoms with E-state index >= 15 is 0 Å². The maximum Gasteiger partial charge on any atom is 0.329 e. The molecule has 0 aromatic heterocycles. The van der Waals surface area contributed by atoms with Crippen molar-refractivity contribution >= 4 is 11.9 Å². The molecule has 5 nitrogen and oxygen atoms in total. The molecule has 1 aliphatic heterocycles. The van der Waals surface area contributed by atoms with E-state index in [0.29, 0.717) is 25.8 Å². The topological polar surface area (TPSA) is 78.4 Å². The van der Waals surface area contributed by atoms with Crippen molar-refractivity contribution in [1.82, 2.24) is 10.6 Å². The summed E-state index contributed by atoms with van der Waals surface area (Å²) >= 11 is 0. The van der Waals surface area contributed by atoms with Crippen LogP contribution in [0.3, 0.4) is 0 Å². The number of rotatable bonds is 5.